The summed E-state index contributed by atoms with van der Waals surface area (Å²) < 4.78 is 27.8. The number of fused-ring (bicyclic) bond motifs is 3. The molecule has 0 spiro atoms. The zero-order valence-electron chi connectivity index (χ0n) is 12.6. The molecule has 1 aliphatic carbocycles. The average Bonchev–Trinajstić information content (AvgIpc) is 3.04. The zero-order chi connectivity index (χ0) is 16.8. The van der Waals surface area contributed by atoms with Gasteiger partial charge in [-0.1, -0.05) is 24.3 Å². The van der Waals surface area contributed by atoms with Crippen LogP contribution in [0.5, 0.6) is 0 Å². The van der Waals surface area contributed by atoms with Gasteiger partial charge in [-0.15, -0.1) is 0 Å². The maximum atomic E-state index is 14.2. The molecule has 0 radical (unpaired) electrons. The van der Waals surface area contributed by atoms with Crippen LogP contribution in [0.15, 0.2) is 48.6 Å². The van der Waals surface area contributed by atoms with Crippen LogP contribution in [0.1, 0.15) is 29.5 Å². The van der Waals surface area contributed by atoms with Crippen molar-refractivity contribution in [3.63, 3.8) is 0 Å². The van der Waals surface area contributed by atoms with Crippen LogP contribution in [-0.2, 0) is 0 Å². The monoisotopic (exact) mass is 328 g/mol. The second kappa shape index (κ2) is 5.40. The summed E-state index contributed by atoms with van der Waals surface area (Å²) >= 11 is 0. The van der Waals surface area contributed by atoms with Crippen molar-refractivity contribution >= 4 is 11.4 Å². The van der Waals surface area contributed by atoms with Crippen molar-refractivity contribution < 1.29 is 13.7 Å². The summed E-state index contributed by atoms with van der Waals surface area (Å²) in [5.74, 6) is -1.14. The molecule has 6 heteroatoms. The third kappa shape index (κ3) is 2.26. The maximum absolute atomic E-state index is 14.2. The summed E-state index contributed by atoms with van der Waals surface area (Å²) in [7, 11) is 0. The largest absolute Gasteiger partial charge is 0.375 e. The molecule has 1 heterocycles. The second-order valence-electron chi connectivity index (χ2n) is 6.18. The summed E-state index contributed by atoms with van der Waals surface area (Å²) in [4.78, 5) is 10.4. The standard InChI is InChI=1S/C18H14F2N2O2/c19-11-8-15-13-2-1-3-14(13)17(21-18(15)16(20)9-11)10-4-6-12(7-5-10)22(23)24/h1-2,4-9,13-14,17,21H,3H2/t13-,14-,17-/m0/s1. The van der Waals surface area contributed by atoms with Crippen LogP contribution in [0.25, 0.3) is 0 Å². The van der Waals surface area contributed by atoms with Crippen molar-refractivity contribution in [3.8, 4) is 0 Å². The Hall–Kier alpha value is -2.76. The molecule has 4 nitrogen and oxygen atoms in total. The number of nitrogens with zero attached hydrogens (tertiary/aromatic N) is 1. The number of nitro groups is 1. The number of nitrogens with one attached hydrogen (secondary N) is 1. The summed E-state index contributed by atoms with van der Waals surface area (Å²) in [5, 5.41) is 14.0. The normalized spacial score (nSPS) is 24.2. The van der Waals surface area contributed by atoms with Gasteiger partial charge >= 0.3 is 0 Å². The molecule has 0 aromatic heterocycles. The van der Waals surface area contributed by atoms with Gasteiger partial charge in [-0.05, 0) is 29.5 Å². The quantitative estimate of drug-likeness (QED) is 0.494. The Kier molecular flexibility index (Phi) is 3.33. The minimum Gasteiger partial charge on any atom is -0.375 e. The van der Waals surface area contributed by atoms with Crippen LogP contribution in [0, 0.1) is 27.7 Å². The van der Waals surface area contributed by atoms with Crippen LogP contribution in [-0.4, -0.2) is 4.92 Å². The van der Waals surface area contributed by atoms with Gasteiger partial charge in [0.2, 0.25) is 0 Å². The van der Waals surface area contributed by atoms with E-state index in [1.54, 1.807) is 12.1 Å². The first-order chi connectivity index (χ1) is 11.5. The second-order valence-corrected chi connectivity index (χ2v) is 6.18. The molecule has 0 fully saturated rings. The SMILES string of the molecule is O=[N+]([O-])c1ccc([C@@H]2Nc3c(F)cc(F)cc3[C@H]3C=CC[C@@H]32)cc1. The van der Waals surface area contributed by atoms with Gasteiger partial charge in [-0.25, -0.2) is 8.78 Å². The predicted molar refractivity (Wildman–Crippen MR) is 85.8 cm³/mol. The van der Waals surface area contributed by atoms with E-state index in [-0.39, 0.29) is 23.6 Å². The number of benzene rings is 2. The Morgan fingerprint density at radius 2 is 1.92 bits per heavy atom. The minimum atomic E-state index is -0.615. The van der Waals surface area contributed by atoms with Gasteiger partial charge in [0, 0.05) is 24.1 Å². The highest BCUT2D eigenvalue weighted by Crippen LogP contribution is 2.50. The number of halogens is 2. The number of rotatable bonds is 2. The Morgan fingerprint density at radius 3 is 2.62 bits per heavy atom. The highest BCUT2D eigenvalue weighted by atomic mass is 19.1. The molecule has 3 atom stereocenters. The molecule has 2 aliphatic rings. The van der Waals surface area contributed by atoms with Crippen molar-refractivity contribution in [1.29, 1.82) is 0 Å². The third-order valence-electron chi connectivity index (χ3n) is 4.85. The number of nitro benzene ring substituents is 1. The van der Waals surface area contributed by atoms with Gasteiger partial charge in [-0.3, -0.25) is 10.1 Å². The molecule has 122 valence electrons. The van der Waals surface area contributed by atoms with Crippen LogP contribution in [0.3, 0.4) is 0 Å². The first kappa shape index (κ1) is 14.8. The van der Waals surface area contributed by atoms with Gasteiger partial charge in [0.25, 0.3) is 5.69 Å². The fourth-order valence-corrected chi connectivity index (χ4v) is 3.75. The first-order valence-electron chi connectivity index (χ1n) is 7.71. The Bertz CT molecular complexity index is 849. The molecule has 4 rings (SSSR count). The average molecular weight is 328 g/mol. The molecule has 0 amide bonds. The van der Waals surface area contributed by atoms with E-state index in [9.17, 15) is 18.9 Å². The van der Waals surface area contributed by atoms with E-state index in [0.717, 1.165) is 18.1 Å². The van der Waals surface area contributed by atoms with Crippen molar-refractivity contribution in [2.24, 2.45) is 5.92 Å². The lowest BCUT2D eigenvalue weighted by Gasteiger charge is -2.37. The maximum Gasteiger partial charge on any atom is 0.269 e. The zero-order valence-corrected chi connectivity index (χ0v) is 12.6. The lowest BCUT2D eigenvalue weighted by Crippen LogP contribution is -2.29. The molecule has 0 saturated carbocycles. The molecular weight excluding hydrogens is 314 g/mol. The third-order valence-corrected chi connectivity index (χ3v) is 4.85. The molecule has 2 aromatic rings. The van der Waals surface area contributed by atoms with E-state index >= 15 is 0 Å². The van der Waals surface area contributed by atoms with E-state index in [1.165, 1.54) is 18.2 Å². The summed E-state index contributed by atoms with van der Waals surface area (Å²) in [6.45, 7) is 0. The molecule has 1 aliphatic heterocycles. The van der Waals surface area contributed by atoms with E-state index in [0.29, 0.717) is 11.3 Å². The number of allylic oxidation sites excluding steroid dienone is 2. The number of non-ortho nitro benzene ring substituents is 1. The van der Waals surface area contributed by atoms with Gasteiger partial charge in [0.05, 0.1) is 16.7 Å². The van der Waals surface area contributed by atoms with Crippen molar-refractivity contribution in [2.45, 2.75) is 18.4 Å². The fourth-order valence-electron chi connectivity index (χ4n) is 3.75. The van der Waals surface area contributed by atoms with Crippen molar-refractivity contribution in [3.05, 3.63) is 81.4 Å². The Morgan fingerprint density at radius 1 is 1.17 bits per heavy atom. The molecule has 24 heavy (non-hydrogen) atoms. The number of hydrogen-bond donors (Lipinski definition) is 1. The van der Waals surface area contributed by atoms with Crippen LogP contribution in [0.4, 0.5) is 20.2 Å². The van der Waals surface area contributed by atoms with E-state index in [4.69, 9.17) is 0 Å². The van der Waals surface area contributed by atoms with Gasteiger partial charge in [0.15, 0.2) is 0 Å². The fraction of sp³-hybridized carbons (Fsp3) is 0.222. The topological polar surface area (TPSA) is 55.2 Å². The summed E-state index contributed by atoms with van der Waals surface area (Å²) in [5.41, 5.74) is 1.81. The first-order valence-corrected chi connectivity index (χ1v) is 7.71. The molecule has 0 bridgehead atoms. The number of hydrogen-bond acceptors (Lipinski definition) is 3. The summed E-state index contributed by atoms with van der Waals surface area (Å²) in [6.07, 6.45) is 4.80. The lowest BCUT2D eigenvalue weighted by atomic mass is 9.77. The van der Waals surface area contributed by atoms with Crippen LogP contribution >= 0.6 is 0 Å². The number of anilines is 1. The Balaban J connectivity index is 1.76. The highest BCUT2D eigenvalue weighted by Gasteiger charge is 2.39. The van der Waals surface area contributed by atoms with Crippen molar-refractivity contribution in [1.82, 2.24) is 0 Å². The molecule has 1 N–H and O–H groups in total. The van der Waals surface area contributed by atoms with E-state index in [1.807, 2.05) is 12.2 Å². The predicted octanol–water partition coefficient (Wildman–Crippen LogP) is 4.70. The van der Waals surface area contributed by atoms with Gasteiger partial charge < -0.3 is 5.32 Å². The lowest BCUT2D eigenvalue weighted by molar-refractivity contribution is -0.384. The van der Waals surface area contributed by atoms with E-state index < -0.39 is 16.6 Å². The Labute approximate surface area is 137 Å². The molecule has 0 saturated heterocycles. The summed E-state index contributed by atoms with van der Waals surface area (Å²) in [6, 6.07) is 8.35. The van der Waals surface area contributed by atoms with Crippen molar-refractivity contribution in [2.75, 3.05) is 5.32 Å². The highest BCUT2D eigenvalue weighted by molar-refractivity contribution is 5.61. The molecule has 2 aromatic carbocycles. The van der Waals surface area contributed by atoms with Gasteiger partial charge in [-0.2, -0.15) is 0 Å². The minimum absolute atomic E-state index is 0.0179. The van der Waals surface area contributed by atoms with Gasteiger partial charge in [0.1, 0.15) is 11.6 Å². The smallest absolute Gasteiger partial charge is 0.269 e. The molecule has 0 unspecified atom stereocenters. The van der Waals surface area contributed by atoms with Crippen LogP contribution in [0.2, 0.25) is 0 Å². The van der Waals surface area contributed by atoms with Crippen LogP contribution < -0.4 is 5.32 Å². The molecular formula is C18H14F2N2O2. The van der Waals surface area contributed by atoms with E-state index in [2.05, 4.69) is 5.32 Å².